The number of nitrogens with zero attached hydrogens (tertiary/aromatic N) is 3. The Balaban J connectivity index is 0.00000264. The summed E-state index contributed by atoms with van der Waals surface area (Å²) in [6, 6.07) is 5.98. The zero-order valence-corrected chi connectivity index (χ0v) is 16.3. The van der Waals surface area contributed by atoms with Crippen LogP contribution >= 0.6 is 24.0 Å². The molecule has 0 aliphatic heterocycles. The number of nitrogens with one attached hydrogen (secondary N) is 2. The van der Waals surface area contributed by atoms with Crippen molar-refractivity contribution < 1.29 is 4.42 Å². The van der Waals surface area contributed by atoms with Crippen molar-refractivity contribution in [3.63, 3.8) is 0 Å². The lowest BCUT2D eigenvalue weighted by molar-refractivity contribution is 0.506. The van der Waals surface area contributed by atoms with Crippen molar-refractivity contribution in [3.05, 3.63) is 41.6 Å². The van der Waals surface area contributed by atoms with E-state index in [0.29, 0.717) is 0 Å². The largest absolute Gasteiger partial charge is 0.469 e. The average Bonchev–Trinajstić information content (AvgIpc) is 3.11. The first-order valence-electron chi connectivity index (χ1n) is 7.67. The zero-order valence-electron chi connectivity index (χ0n) is 14.0. The highest BCUT2D eigenvalue weighted by Crippen LogP contribution is 2.02. The molecule has 0 aliphatic carbocycles. The lowest BCUT2D eigenvalue weighted by atomic mass is 10.3. The second kappa shape index (κ2) is 10.3. The molecule has 2 rings (SSSR count). The molecule has 0 saturated carbocycles. The van der Waals surface area contributed by atoms with Gasteiger partial charge in [-0.2, -0.15) is 5.10 Å². The molecule has 0 aromatic carbocycles. The number of furan rings is 1. The van der Waals surface area contributed by atoms with Crippen molar-refractivity contribution in [1.29, 1.82) is 0 Å². The molecule has 0 unspecified atom stereocenters. The Morgan fingerprint density at radius 3 is 2.70 bits per heavy atom. The van der Waals surface area contributed by atoms with Crippen LogP contribution in [0.2, 0.25) is 0 Å². The molecule has 0 amide bonds. The van der Waals surface area contributed by atoms with Gasteiger partial charge in [-0.1, -0.05) is 0 Å². The Hall–Kier alpha value is -1.51. The Bertz CT molecular complexity index is 592. The topological polar surface area (TPSA) is 67.4 Å². The van der Waals surface area contributed by atoms with Crippen LogP contribution in [0.5, 0.6) is 0 Å². The van der Waals surface area contributed by atoms with Crippen LogP contribution in [0.3, 0.4) is 0 Å². The Morgan fingerprint density at radius 1 is 1.30 bits per heavy atom. The molecule has 7 heteroatoms. The van der Waals surface area contributed by atoms with Gasteiger partial charge in [0, 0.05) is 38.8 Å². The smallest absolute Gasteiger partial charge is 0.190 e. The van der Waals surface area contributed by atoms with Gasteiger partial charge >= 0.3 is 0 Å². The monoisotopic (exact) mass is 431 g/mol. The fraction of sp³-hybridized carbons (Fsp3) is 0.500. The predicted octanol–water partition coefficient (Wildman–Crippen LogP) is 2.51. The van der Waals surface area contributed by atoms with Crippen molar-refractivity contribution in [2.45, 2.75) is 33.2 Å². The highest BCUT2D eigenvalue weighted by molar-refractivity contribution is 14.0. The first-order valence-corrected chi connectivity index (χ1v) is 7.67. The van der Waals surface area contributed by atoms with Crippen LogP contribution in [0.1, 0.15) is 23.6 Å². The minimum atomic E-state index is 0. The zero-order chi connectivity index (χ0) is 15.8. The second-order valence-corrected chi connectivity index (χ2v) is 5.26. The molecule has 2 N–H and O–H groups in total. The number of rotatable bonds is 7. The third-order valence-corrected chi connectivity index (χ3v) is 3.41. The highest BCUT2D eigenvalue weighted by Gasteiger charge is 2.02. The van der Waals surface area contributed by atoms with Crippen molar-refractivity contribution in [1.82, 2.24) is 20.4 Å². The van der Waals surface area contributed by atoms with Crippen LogP contribution in [0.25, 0.3) is 0 Å². The van der Waals surface area contributed by atoms with Crippen LogP contribution in [0.4, 0.5) is 0 Å². The van der Waals surface area contributed by atoms with E-state index in [-0.39, 0.29) is 24.0 Å². The van der Waals surface area contributed by atoms with Gasteiger partial charge in [-0.3, -0.25) is 9.67 Å². The first kappa shape index (κ1) is 19.5. The van der Waals surface area contributed by atoms with Crippen LogP contribution in [-0.2, 0) is 13.0 Å². The number of hydrogen-bond acceptors (Lipinski definition) is 3. The predicted molar refractivity (Wildman–Crippen MR) is 104 cm³/mol. The number of hydrogen-bond donors (Lipinski definition) is 2. The van der Waals surface area contributed by atoms with E-state index in [1.807, 2.05) is 23.7 Å². The fourth-order valence-corrected chi connectivity index (χ4v) is 2.32. The molecule has 6 nitrogen and oxygen atoms in total. The lowest BCUT2D eigenvalue weighted by Gasteiger charge is -2.11. The molecule has 0 atom stereocenters. The van der Waals surface area contributed by atoms with Crippen molar-refractivity contribution in [2.24, 2.45) is 4.99 Å². The normalized spacial score (nSPS) is 11.2. The quantitative estimate of drug-likeness (QED) is 0.306. The maximum Gasteiger partial charge on any atom is 0.190 e. The van der Waals surface area contributed by atoms with Crippen molar-refractivity contribution in [3.8, 4) is 0 Å². The molecule has 0 bridgehead atoms. The molecular formula is C16H26IN5O. The first-order chi connectivity index (χ1) is 10.7. The number of guanidine groups is 1. The summed E-state index contributed by atoms with van der Waals surface area (Å²) in [5.41, 5.74) is 2.28. The maximum atomic E-state index is 5.30. The van der Waals surface area contributed by atoms with E-state index >= 15 is 0 Å². The maximum absolute atomic E-state index is 5.30. The number of halogens is 1. The highest BCUT2D eigenvalue weighted by atomic mass is 127. The van der Waals surface area contributed by atoms with Gasteiger partial charge < -0.3 is 15.1 Å². The van der Waals surface area contributed by atoms with E-state index in [1.54, 1.807) is 13.3 Å². The summed E-state index contributed by atoms with van der Waals surface area (Å²) in [5.74, 6) is 1.80. The molecule has 0 saturated heterocycles. The van der Waals surface area contributed by atoms with Crippen molar-refractivity contribution in [2.75, 3.05) is 20.1 Å². The molecular weight excluding hydrogens is 405 g/mol. The molecule has 23 heavy (non-hydrogen) atoms. The van der Waals surface area contributed by atoms with Gasteiger partial charge in [0.25, 0.3) is 0 Å². The van der Waals surface area contributed by atoms with Crippen LogP contribution in [0.15, 0.2) is 33.9 Å². The Kier molecular flexibility index (Phi) is 8.75. The number of aliphatic imine (C=N–C) groups is 1. The standard InChI is InChI=1S/C16H25N5O.HI/c1-13-12-14(2)21(20-13)10-5-8-18-16(17-3)19-9-7-15-6-4-11-22-15;/h4,6,11-12H,5,7-10H2,1-3H3,(H2,17,18,19);1H. The van der Waals surface area contributed by atoms with E-state index in [1.165, 1.54) is 5.69 Å². The van der Waals surface area contributed by atoms with Gasteiger partial charge in [0.05, 0.1) is 12.0 Å². The van der Waals surface area contributed by atoms with E-state index < -0.39 is 0 Å². The number of aryl methyl sites for hydroxylation is 3. The minimum absolute atomic E-state index is 0. The van der Waals surface area contributed by atoms with Crippen LogP contribution in [-0.4, -0.2) is 35.9 Å². The molecule has 128 valence electrons. The van der Waals surface area contributed by atoms with Gasteiger partial charge in [-0.15, -0.1) is 24.0 Å². The third kappa shape index (κ3) is 6.64. The summed E-state index contributed by atoms with van der Waals surface area (Å²) in [5, 5.41) is 11.0. The van der Waals surface area contributed by atoms with Gasteiger partial charge in [0.2, 0.25) is 0 Å². The van der Waals surface area contributed by atoms with Gasteiger partial charge in [0.1, 0.15) is 5.76 Å². The van der Waals surface area contributed by atoms with Gasteiger partial charge in [-0.05, 0) is 38.5 Å². The molecule has 0 radical (unpaired) electrons. The average molecular weight is 431 g/mol. The van der Waals surface area contributed by atoms with E-state index in [0.717, 1.165) is 49.9 Å². The van der Waals surface area contributed by atoms with Gasteiger partial charge in [-0.25, -0.2) is 0 Å². The minimum Gasteiger partial charge on any atom is -0.469 e. The summed E-state index contributed by atoms with van der Waals surface area (Å²) >= 11 is 0. The number of aromatic nitrogens is 2. The van der Waals surface area contributed by atoms with E-state index in [9.17, 15) is 0 Å². The molecule has 0 spiro atoms. The third-order valence-electron chi connectivity index (χ3n) is 3.41. The van der Waals surface area contributed by atoms with Crippen molar-refractivity contribution >= 4 is 29.9 Å². The van der Waals surface area contributed by atoms with E-state index in [4.69, 9.17) is 4.42 Å². The van der Waals surface area contributed by atoms with Crippen LogP contribution in [0, 0.1) is 13.8 Å². The summed E-state index contributed by atoms with van der Waals surface area (Å²) in [7, 11) is 1.78. The fourth-order valence-electron chi connectivity index (χ4n) is 2.32. The summed E-state index contributed by atoms with van der Waals surface area (Å²) < 4.78 is 7.35. The SMILES string of the molecule is CN=C(NCCCn1nc(C)cc1C)NCCc1ccco1.I. The molecule has 2 aromatic rings. The summed E-state index contributed by atoms with van der Waals surface area (Å²) in [6.45, 7) is 6.68. The Labute approximate surface area is 154 Å². The van der Waals surface area contributed by atoms with Gasteiger partial charge in [0.15, 0.2) is 5.96 Å². The summed E-state index contributed by atoms with van der Waals surface area (Å²) in [6.07, 6.45) is 3.54. The Morgan fingerprint density at radius 2 is 2.09 bits per heavy atom. The molecule has 0 aliphatic rings. The summed E-state index contributed by atoms with van der Waals surface area (Å²) in [4.78, 5) is 4.21. The second-order valence-electron chi connectivity index (χ2n) is 5.26. The lowest BCUT2D eigenvalue weighted by Crippen LogP contribution is -2.39. The van der Waals surface area contributed by atoms with E-state index in [2.05, 4.69) is 33.7 Å². The molecule has 0 fully saturated rings. The van der Waals surface area contributed by atoms with Crippen LogP contribution < -0.4 is 10.6 Å². The molecule has 2 heterocycles. The molecule has 2 aromatic heterocycles.